The number of carbonyl (C=O) groups is 1. The lowest BCUT2D eigenvalue weighted by atomic mass is 10.2. The van der Waals surface area contributed by atoms with Gasteiger partial charge in [-0.05, 0) is 38.1 Å². The lowest BCUT2D eigenvalue weighted by Crippen LogP contribution is -2.40. The molecule has 22 heavy (non-hydrogen) atoms. The van der Waals surface area contributed by atoms with Crippen LogP contribution in [0, 0.1) is 0 Å². The van der Waals surface area contributed by atoms with Crippen molar-refractivity contribution in [2.24, 2.45) is 0 Å². The SMILES string of the molecule is CCN(CC)C(=O)c1ccc(S(=O)(=O)N2CCOCC2)cc1. The van der Waals surface area contributed by atoms with E-state index in [1.165, 1.54) is 16.4 Å². The Bertz CT molecular complexity index is 603. The number of benzene rings is 1. The highest BCUT2D eigenvalue weighted by molar-refractivity contribution is 7.89. The van der Waals surface area contributed by atoms with Gasteiger partial charge in [-0.3, -0.25) is 4.79 Å². The first-order chi connectivity index (χ1) is 10.5. The van der Waals surface area contributed by atoms with E-state index < -0.39 is 10.0 Å². The fraction of sp³-hybridized carbons (Fsp3) is 0.533. The third kappa shape index (κ3) is 3.48. The van der Waals surface area contributed by atoms with E-state index in [1.807, 2.05) is 13.8 Å². The summed E-state index contributed by atoms with van der Waals surface area (Å²) in [5.74, 6) is -0.0830. The first-order valence-corrected chi connectivity index (χ1v) is 8.92. The number of amides is 1. The van der Waals surface area contributed by atoms with Crippen molar-refractivity contribution in [3.05, 3.63) is 29.8 Å². The van der Waals surface area contributed by atoms with Crippen LogP contribution in [0.5, 0.6) is 0 Å². The van der Waals surface area contributed by atoms with Gasteiger partial charge in [-0.1, -0.05) is 0 Å². The molecule has 0 unspecified atom stereocenters. The highest BCUT2D eigenvalue weighted by atomic mass is 32.2. The normalized spacial score (nSPS) is 16.5. The van der Waals surface area contributed by atoms with Gasteiger partial charge in [0.1, 0.15) is 0 Å². The van der Waals surface area contributed by atoms with Crippen molar-refractivity contribution in [2.45, 2.75) is 18.7 Å². The summed E-state index contributed by atoms with van der Waals surface area (Å²) in [6.07, 6.45) is 0. The Morgan fingerprint density at radius 3 is 2.18 bits per heavy atom. The van der Waals surface area contributed by atoms with Crippen LogP contribution in [0.3, 0.4) is 0 Å². The van der Waals surface area contributed by atoms with E-state index >= 15 is 0 Å². The van der Waals surface area contributed by atoms with Gasteiger partial charge in [-0.2, -0.15) is 4.31 Å². The molecule has 1 amide bonds. The van der Waals surface area contributed by atoms with E-state index in [-0.39, 0.29) is 10.8 Å². The van der Waals surface area contributed by atoms with Crippen LogP contribution in [0.4, 0.5) is 0 Å². The minimum Gasteiger partial charge on any atom is -0.379 e. The molecule has 0 aliphatic carbocycles. The molecule has 2 rings (SSSR count). The van der Waals surface area contributed by atoms with Crippen molar-refractivity contribution in [1.29, 1.82) is 0 Å². The van der Waals surface area contributed by atoms with Crippen LogP contribution in [0.25, 0.3) is 0 Å². The number of nitrogens with zero attached hydrogens (tertiary/aromatic N) is 2. The molecule has 1 saturated heterocycles. The largest absolute Gasteiger partial charge is 0.379 e. The minimum atomic E-state index is -3.51. The first-order valence-electron chi connectivity index (χ1n) is 7.48. The van der Waals surface area contributed by atoms with Crippen LogP contribution in [0.1, 0.15) is 24.2 Å². The Morgan fingerprint density at radius 1 is 1.14 bits per heavy atom. The van der Waals surface area contributed by atoms with Gasteiger partial charge in [0, 0.05) is 31.7 Å². The molecule has 1 fully saturated rings. The fourth-order valence-electron chi connectivity index (χ4n) is 2.40. The number of ether oxygens (including phenoxy) is 1. The molecule has 0 radical (unpaired) electrons. The van der Waals surface area contributed by atoms with Gasteiger partial charge in [0.25, 0.3) is 5.91 Å². The van der Waals surface area contributed by atoms with Crippen molar-refractivity contribution < 1.29 is 17.9 Å². The maximum absolute atomic E-state index is 12.5. The Labute approximate surface area is 131 Å². The zero-order valence-corrected chi connectivity index (χ0v) is 13.8. The molecule has 0 saturated carbocycles. The zero-order chi connectivity index (χ0) is 16.2. The molecule has 7 heteroatoms. The van der Waals surface area contributed by atoms with E-state index in [2.05, 4.69) is 0 Å². The molecular formula is C15H22N2O4S. The standard InChI is InChI=1S/C15H22N2O4S/c1-3-16(4-2)15(18)13-5-7-14(8-6-13)22(19,20)17-9-11-21-12-10-17/h5-8H,3-4,9-12H2,1-2H3. The minimum absolute atomic E-state index is 0.0830. The van der Waals surface area contributed by atoms with E-state index in [0.29, 0.717) is 45.0 Å². The molecule has 0 N–H and O–H groups in total. The number of morpholine rings is 1. The van der Waals surface area contributed by atoms with Gasteiger partial charge in [0.2, 0.25) is 10.0 Å². The first kappa shape index (κ1) is 16.9. The zero-order valence-electron chi connectivity index (χ0n) is 13.0. The summed E-state index contributed by atoms with van der Waals surface area (Å²) in [5.41, 5.74) is 0.504. The summed E-state index contributed by atoms with van der Waals surface area (Å²) in [4.78, 5) is 14.1. The van der Waals surface area contributed by atoms with Gasteiger partial charge in [0.05, 0.1) is 18.1 Å². The van der Waals surface area contributed by atoms with Crippen LogP contribution in [-0.2, 0) is 14.8 Å². The number of hydrogen-bond donors (Lipinski definition) is 0. The maximum Gasteiger partial charge on any atom is 0.253 e. The molecule has 1 aliphatic heterocycles. The monoisotopic (exact) mass is 326 g/mol. The predicted octanol–water partition coefficient (Wildman–Crippen LogP) is 1.19. The van der Waals surface area contributed by atoms with Crippen LogP contribution < -0.4 is 0 Å². The lowest BCUT2D eigenvalue weighted by Gasteiger charge is -2.26. The number of carbonyl (C=O) groups excluding carboxylic acids is 1. The van der Waals surface area contributed by atoms with E-state index in [9.17, 15) is 13.2 Å². The summed E-state index contributed by atoms with van der Waals surface area (Å²) < 4.78 is 31.6. The Balaban J connectivity index is 2.19. The second-order valence-corrected chi connectivity index (χ2v) is 6.96. The Hall–Kier alpha value is -1.44. The third-order valence-electron chi connectivity index (χ3n) is 3.76. The number of sulfonamides is 1. The molecule has 1 heterocycles. The average Bonchev–Trinajstić information content (AvgIpc) is 2.57. The van der Waals surface area contributed by atoms with Crippen molar-refractivity contribution in [3.8, 4) is 0 Å². The molecule has 1 aromatic carbocycles. The topological polar surface area (TPSA) is 66.9 Å². The molecule has 6 nitrogen and oxygen atoms in total. The molecule has 1 aromatic rings. The van der Waals surface area contributed by atoms with Gasteiger partial charge in [-0.25, -0.2) is 8.42 Å². The van der Waals surface area contributed by atoms with Crippen LogP contribution in [0.15, 0.2) is 29.2 Å². The van der Waals surface area contributed by atoms with Crippen molar-refractivity contribution >= 4 is 15.9 Å². The maximum atomic E-state index is 12.5. The molecular weight excluding hydrogens is 304 g/mol. The van der Waals surface area contributed by atoms with Gasteiger partial charge < -0.3 is 9.64 Å². The van der Waals surface area contributed by atoms with Crippen molar-refractivity contribution in [1.82, 2.24) is 9.21 Å². The predicted molar refractivity (Wildman–Crippen MR) is 83.3 cm³/mol. The molecule has 0 bridgehead atoms. The van der Waals surface area contributed by atoms with Crippen molar-refractivity contribution in [3.63, 3.8) is 0 Å². The van der Waals surface area contributed by atoms with Crippen LogP contribution in [-0.4, -0.2) is 62.9 Å². The quantitative estimate of drug-likeness (QED) is 0.815. The van der Waals surface area contributed by atoms with Crippen molar-refractivity contribution in [2.75, 3.05) is 39.4 Å². The summed E-state index contributed by atoms with van der Waals surface area (Å²) in [5, 5.41) is 0. The summed E-state index contributed by atoms with van der Waals surface area (Å²) in [7, 11) is -3.51. The second kappa shape index (κ2) is 7.21. The molecule has 0 aromatic heterocycles. The highest BCUT2D eigenvalue weighted by Gasteiger charge is 2.26. The smallest absolute Gasteiger partial charge is 0.253 e. The van der Waals surface area contributed by atoms with Crippen LogP contribution >= 0.6 is 0 Å². The summed E-state index contributed by atoms with van der Waals surface area (Å²) in [6.45, 7) is 6.64. The Kier molecular flexibility index (Phi) is 5.55. The third-order valence-corrected chi connectivity index (χ3v) is 5.67. The van der Waals surface area contributed by atoms with Crippen LogP contribution in [0.2, 0.25) is 0 Å². The number of rotatable bonds is 5. The van der Waals surface area contributed by atoms with Gasteiger partial charge in [0.15, 0.2) is 0 Å². The Morgan fingerprint density at radius 2 is 1.68 bits per heavy atom. The summed E-state index contributed by atoms with van der Waals surface area (Å²) in [6, 6.07) is 6.16. The van der Waals surface area contributed by atoms with E-state index in [1.54, 1.807) is 17.0 Å². The van der Waals surface area contributed by atoms with Gasteiger partial charge in [-0.15, -0.1) is 0 Å². The van der Waals surface area contributed by atoms with Gasteiger partial charge >= 0.3 is 0 Å². The average molecular weight is 326 g/mol. The second-order valence-electron chi connectivity index (χ2n) is 5.02. The number of hydrogen-bond acceptors (Lipinski definition) is 4. The summed E-state index contributed by atoms with van der Waals surface area (Å²) >= 11 is 0. The lowest BCUT2D eigenvalue weighted by molar-refractivity contribution is 0.0730. The molecule has 0 atom stereocenters. The fourth-order valence-corrected chi connectivity index (χ4v) is 3.81. The molecule has 0 spiro atoms. The molecule has 1 aliphatic rings. The molecule has 122 valence electrons. The highest BCUT2D eigenvalue weighted by Crippen LogP contribution is 2.18. The van der Waals surface area contributed by atoms with E-state index in [4.69, 9.17) is 4.74 Å². The van der Waals surface area contributed by atoms with E-state index in [0.717, 1.165) is 0 Å².